The summed E-state index contributed by atoms with van der Waals surface area (Å²) in [5.74, 6) is 0.115. The molecule has 0 aliphatic rings. The highest BCUT2D eigenvalue weighted by Crippen LogP contribution is 2.10. The van der Waals surface area contributed by atoms with E-state index in [1.165, 1.54) is 16.8 Å². The molecule has 104 valence electrons. The molecule has 0 aliphatic heterocycles. The first-order valence-corrected chi connectivity index (χ1v) is 6.43. The molecule has 0 saturated carbocycles. The van der Waals surface area contributed by atoms with Gasteiger partial charge in [-0.2, -0.15) is 5.10 Å². The van der Waals surface area contributed by atoms with Crippen LogP contribution < -0.4 is 10.9 Å². The second-order valence-corrected chi connectivity index (χ2v) is 4.40. The molecule has 6 heteroatoms. The third kappa shape index (κ3) is 3.09. The molecule has 0 saturated heterocycles. The predicted octanol–water partition coefficient (Wildman–Crippen LogP) is 1.61. The zero-order valence-electron chi connectivity index (χ0n) is 11.5. The second-order valence-electron chi connectivity index (χ2n) is 4.40. The Morgan fingerprint density at radius 3 is 2.85 bits per heavy atom. The van der Waals surface area contributed by atoms with E-state index in [-0.39, 0.29) is 17.2 Å². The summed E-state index contributed by atoms with van der Waals surface area (Å²) in [6.45, 7) is 4.29. The Labute approximate surface area is 116 Å². The van der Waals surface area contributed by atoms with Gasteiger partial charge < -0.3 is 5.32 Å². The van der Waals surface area contributed by atoms with E-state index in [9.17, 15) is 9.59 Å². The minimum atomic E-state index is -0.378. The molecule has 0 bridgehead atoms. The van der Waals surface area contributed by atoms with Gasteiger partial charge in [0.15, 0.2) is 0 Å². The molecular formula is C14H16N4O2. The minimum absolute atomic E-state index is 0.197. The van der Waals surface area contributed by atoms with Gasteiger partial charge in [0.25, 0.3) is 11.5 Å². The van der Waals surface area contributed by atoms with Gasteiger partial charge in [-0.3, -0.25) is 9.59 Å². The number of anilines is 1. The van der Waals surface area contributed by atoms with E-state index in [0.717, 1.165) is 12.0 Å². The van der Waals surface area contributed by atoms with Crippen LogP contribution in [-0.4, -0.2) is 20.7 Å². The maximum absolute atomic E-state index is 12.1. The van der Waals surface area contributed by atoms with Crippen molar-refractivity contribution in [1.82, 2.24) is 14.8 Å². The number of rotatable bonds is 4. The van der Waals surface area contributed by atoms with E-state index in [1.54, 1.807) is 12.3 Å². The van der Waals surface area contributed by atoms with E-state index in [2.05, 4.69) is 15.4 Å². The summed E-state index contributed by atoms with van der Waals surface area (Å²) < 4.78 is 1.29. The van der Waals surface area contributed by atoms with Gasteiger partial charge in [-0.15, -0.1) is 0 Å². The monoisotopic (exact) mass is 272 g/mol. The molecule has 2 aromatic heterocycles. The smallest absolute Gasteiger partial charge is 0.277 e. The van der Waals surface area contributed by atoms with Crippen LogP contribution in [0.4, 0.5) is 5.82 Å². The molecule has 0 spiro atoms. The standard InChI is InChI=1S/C14H16N4O2/c1-3-9-18-12(19)7-6-11(17-18)14(20)16-13-10(2)5-4-8-15-13/h4-8H,3,9H2,1-2H3,(H,15,16,20). The molecule has 0 aliphatic carbocycles. The summed E-state index contributed by atoms with van der Waals surface area (Å²) in [5, 5.41) is 6.74. The van der Waals surface area contributed by atoms with Gasteiger partial charge in [0.05, 0.1) is 0 Å². The Morgan fingerprint density at radius 1 is 1.35 bits per heavy atom. The van der Waals surface area contributed by atoms with Crippen LogP contribution >= 0.6 is 0 Å². The first-order valence-electron chi connectivity index (χ1n) is 6.43. The number of hydrogen-bond acceptors (Lipinski definition) is 4. The summed E-state index contributed by atoms with van der Waals surface area (Å²) in [4.78, 5) is 27.7. The number of carbonyl (C=O) groups excluding carboxylic acids is 1. The van der Waals surface area contributed by atoms with Crippen molar-refractivity contribution < 1.29 is 4.79 Å². The van der Waals surface area contributed by atoms with E-state index in [0.29, 0.717) is 12.4 Å². The van der Waals surface area contributed by atoms with Gasteiger partial charge >= 0.3 is 0 Å². The third-order valence-electron chi connectivity index (χ3n) is 2.78. The number of carbonyl (C=O) groups is 1. The predicted molar refractivity (Wildman–Crippen MR) is 75.7 cm³/mol. The minimum Gasteiger partial charge on any atom is -0.305 e. The summed E-state index contributed by atoms with van der Waals surface area (Å²) in [7, 11) is 0. The highest BCUT2D eigenvalue weighted by atomic mass is 16.2. The zero-order valence-corrected chi connectivity index (χ0v) is 11.5. The highest BCUT2D eigenvalue weighted by molar-refractivity contribution is 6.02. The van der Waals surface area contributed by atoms with Crippen LogP contribution in [0.15, 0.2) is 35.3 Å². The summed E-state index contributed by atoms with van der Waals surface area (Å²) in [5.41, 5.74) is 0.850. The van der Waals surface area contributed by atoms with Crippen molar-refractivity contribution in [2.75, 3.05) is 5.32 Å². The second kappa shape index (κ2) is 6.10. The number of aromatic nitrogens is 3. The molecule has 1 N–H and O–H groups in total. The Balaban J connectivity index is 2.24. The number of nitrogens with zero attached hydrogens (tertiary/aromatic N) is 3. The van der Waals surface area contributed by atoms with Crippen molar-refractivity contribution in [3.63, 3.8) is 0 Å². The maximum atomic E-state index is 12.1. The average molecular weight is 272 g/mol. The zero-order chi connectivity index (χ0) is 14.5. The van der Waals surface area contributed by atoms with Gasteiger partial charge in [-0.25, -0.2) is 9.67 Å². The highest BCUT2D eigenvalue weighted by Gasteiger charge is 2.11. The molecule has 0 atom stereocenters. The molecule has 0 unspecified atom stereocenters. The van der Waals surface area contributed by atoms with Crippen LogP contribution in [0, 0.1) is 6.92 Å². The molecule has 2 rings (SSSR count). The Hall–Kier alpha value is -2.50. The van der Waals surface area contributed by atoms with Crippen molar-refractivity contribution >= 4 is 11.7 Å². The average Bonchev–Trinajstić information content (AvgIpc) is 2.44. The lowest BCUT2D eigenvalue weighted by molar-refractivity contribution is 0.101. The van der Waals surface area contributed by atoms with Gasteiger partial charge in [0.1, 0.15) is 11.5 Å². The molecule has 0 aromatic carbocycles. The van der Waals surface area contributed by atoms with E-state index in [4.69, 9.17) is 0 Å². The molecule has 0 radical (unpaired) electrons. The largest absolute Gasteiger partial charge is 0.305 e. The fourth-order valence-corrected chi connectivity index (χ4v) is 1.73. The number of amides is 1. The Bertz CT molecular complexity index is 679. The number of pyridine rings is 1. The Morgan fingerprint density at radius 2 is 2.15 bits per heavy atom. The lowest BCUT2D eigenvalue weighted by Gasteiger charge is -2.08. The maximum Gasteiger partial charge on any atom is 0.277 e. The van der Waals surface area contributed by atoms with Crippen LogP contribution in [0.5, 0.6) is 0 Å². The summed E-state index contributed by atoms with van der Waals surface area (Å²) in [6, 6.07) is 6.42. The topological polar surface area (TPSA) is 76.9 Å². The van der Waals surface area contributed by atoms with Crippen molar-refractivity contribution in [3.8, 4) is 0 Å². The van der Waals surface area contributed by atoms with Crippen molar-refractivity contribution in [3.05, 3.63) is 52.1 Å². The lowest BCUT2D eigenvalue weighted by Crippen LogP contribution is -2.26. The number of aryl methyl sites for hydroxylation is 2. The fourth-order valence-electron chi connectivity index (χ4n) is 1.73. The van der Waals surface area contributed by atoms with Gasteiger partial charge in [0.2, 0.25) is 0 Å². The molecule has 6 nitrogen and oxygen atoms in total. The SMILES string of the molecule is CCCn1nc(C(=O)Nc2ncccc2C)ccc1=O. The molecule has 2 aromatic rings. The first kappa shape index (κ1) is 13.9. The quantitative estimate of drug-likeness (QED) is 0.917. The third-order valence-corrected chi connectivity index (χ3v) is 2.78. The van der Waals surface area contributed by atoms with Crippen LogP contribution in [-0.2, 0) is 6.54 Å². The van der Waals surface area contributed by atoms with Crippen molar-refractivity contribution in [1.29, 1.82) is 0 Å². The lowest BCUT2D eigenvalue weighted by atomic mass is 10.3. The fraction of sp³-hybridized carbons (Fsp3) is 0.286. The van der Waals surface area contributed by atoms with Crippen LogP contribution in [0.2, 0.25) is 0 Å². The molecule has 0 fully saturated rings. The molecule has 1 amide bonds. The van der Waals surface area contributed by atoms with E-state index in [1.807, 2.05) is 19.9 Å². The van der Waals surface area contributed by atoms with Gasteiger partial charge in [0, 0.05) is 18.8 Å². The van der Waals surface area contributed by atoms with Crippen molar-refractivity contribution in [2.24, 2.45) is 0 Å². The molecule has 2 heterocycles. The van der Waals surface area contributed by atoms with Gasteiger partial charge in [-0.1, -0.05) is 13.0 Å². The number of hydrogen-bond donors (Lipinski definition) is 1. The van der Waals surface area contributed by atoms with Crippen LogP contribution in [0.1, 0.15) is 29.4 Å². The van der Waals surface area contributed by atoms with Gasteiger partial charge in [-0.05, 0) is 31.0 Å². The normalized spacial score (nSPS) is 10.3. The van der Waals surface area contributed by atoms with Crippen molar-refractivity contribution in [2.45, 2.75) is 26.8 Å². The van der Waals surface area contributed by atoms with E-state index < -0.39 is 0 Å². The van der Waals surface area contributed by atoms with Crippen LogP contribution in [0.25, 0.3) is 0 Å². The van der Waals surface area contributed by atoms with E-state index >= 15 is 0 Å². The van der Waals surface area contributed by atoms with Crippen LogP contribution in [0.3, 0.4) is 0 Å². The first-order chi connectivity index (χ1) is 9.61. The molecular weight excluding hydrogens is 256 g/mol. The molecule has 20 heavy (non-hydrogen) atoms. The summed E-state index contributed by atoms with van der Waals surface area (Å²) >= 11 is 0. The Kier molecular flexibility index (Phi) is 4.24. The summed E-state index contributed by atoms with van der Waals surface area (Å²) in [6.07, 6.45) is 2.38. The number of nitrogens with one attached hydrogen (secondary N) is 1.